The Labute approximate surface area is 385 Å². The zero-order valence-corrected chi connectivity index (χ0v) is 39.4. The number of carbonyl (C=O) groups is 2. The van der Waals surface area contributed by atoms with E-state index < -0.39 is 106 Å². The van der Waals surface area contributed by atoms with Gasteiger partial charge in [-0.1, -0.05) is 114 Å². The van der Waals surface area contributed by atoms with Crippen molar-refractivity contribution in [2.45, 2.75) is 216 Å². The molecule has 11 unspecified atom stereocenters. The number of phosphoric acid groups is 1. The third-order valence-electron chi connectivity index (χ3n) is 11.4. The quantitative estimate of drug-likeness (QED) is 0.0172. The van der Waals surface area contributed by atoms with Crippen LogP contribution in [0.15, 0.2) is 48.6 Å². The molecule has 0 spiro atoms. The van der Waals surface area contributed by atoms with Gasteiger partial charge in [-0.15, -0.1) is 0 Å². The van der Waals surface area contributed by atoms with E-state index in [-0.39, 0.29) is 19.3 Å². The summed E-state index contributed by atoms with van der Waals surface area (Å²) in [7, 11) is -5.20. The lowest BCUT2D eigenvalue weighted by Crippen LogP contribution is -2.64. The van der Waals surface area contributed by atoms with Crippen LogP contribution in [-0.4, -0.2) is 138 Å². The number of carbonyl (C=O) groups excluding carboxylic acids is 2. The van der Waals surface area contributed by atoms with E-state index in [0.717, 1.165) is 44.9 Å². The summed E-state index contributed by atoms with van der Waals surface area (Å²) in [6.45, 7) is 2.85. The Kier molecular flexibility index (Phi) is 30.8. The maximum Gasteiger partial charge on any atom is 0.472 e. The molecule has 9 N–H and O–H groups in total. The van der Waals surface area contributed by atoms with E-state index >= 15 is 0 Å². The largest absolute Gasteiger partial charge is 0.472 e. The molecule has 376 valence electrons. The van der Waals surface area contributed by atoms with Crippen LogP contribution in [0, 0.1) is 5.92 Å². The van der Waals surface area contributed by atoms with Crippen molar-refractivity contribution in [1.29, 1.82) is 0 Å². The number of esters is 2. The second-order valence-electron chi connectivity index (χ2n) is 17.1. The van der Waals surface area contributed by atoms with Crippen LogP contribution in [0.5, 0.6) is 0 Å². The van der Waals surface area contributed by atoms with Gasteiger partial charge in [0.1, 0.15) is 43.2 Å². The van der Waals surface area contributed by atoms with Crippen molar-refractivity contribution in [3.05, 3.63) is 48.6 Å². The molecule has 0 amide bonds. The Balaban J connectivity index is 1.87. The first-order chi connectivity index (χ1) is 31.1. The second kappa shape index (κ2) is 34.0. The molecule has 0 radical (unpaired) electrons. The zero-order chi connectivity index (χ0) is 48.0. The molecule has 1 heterocycles. The van der Waals surface area contributed by atoms with Crippen LogP contribution in [0.4, 0.5) is 0 Å². The molecule has 17 nitrogen and oxygen atoms in total. The van der Waals surface area contributed by atoms with Crippen LogP contribution in [0.3, 0.4) is 0 Å². The highest BCUT2D eigenvalue weighted by molar-refractivity contribution is 7.47. The van der Waals surface area contributed by atoms with Gasteiger partial charge in [-0.3, -0.25) is 18.6 Å². The van der Waals surface area contributed by atoms with Crippen molar-refractivity contribution in [1.82, 2.24) is 0 Å². The lowest BCUT2D eigenvalue weighted by molar-refractivity contribution is -0.220. The number of hydrogen-bond donors (Lipinski definition) is 9. The predicted octanol–water partition coefficient (Wildman–Crippen LogP) is 5.27. The van der Waals surface area contributed by atoms with Gasteiger partial charge in [-0.25, -0.2) is 4.57 Å². The number of unbranched alkanes of at least 4 members (excludes halogenated alkanes) is 12. The molecule has 1 aliphatic heterocycles. The van der Waals surface area contributed by atoms with Crippen molar-refractivity contribution < 1.29 is 83.2 Å². The highest BCUT2D eigenvalue weighted by Gasteiger charge is 2.51. The van der Waals surface area contributed by atoms with Gasteiger partial charge in [0, 0.05) is 25.2 Å². The van der Waals surface area contributed by atoms with Crippen LogP contribution in [0.2, 0.25) is 0 Å². The van der Waals surface area contributed by atoms with E-state index in [1.807, 2.05) is 31.2 Å². The maximum absolute atomic E-state index is 12.9. The fourth-order valence-corrected chi connectivity index (χ4v) is 8.49. The molecule has 0 aromatic heterocycles. The summed E-state index contributed by atoms with van der Waals surface area (Å²) < 4.78 is 39.1. The molecular formula is C47H81O17P. The normalized spacial score (nSPS) is 28.3. The van der Waals surface area contributed by atoms with Gasteiger partial charge < -0.3 is 60.0 Å². The van der Waals surface area contributed by atoms with Gasteiger partial charge in [0.05, 0.1) is 24.9 Å². The summed E-state index contributed by atoms with van der Waals surface area (Å²) in [5.74, 6) is -1.71. The van der Waals surface area contributed by atoms with Gasteiger partial charge in [-0.2, -0.15) is 0 Å². The van der Waals surface area contributed by atoms with Crippen molar-refractivity contribution in [2.75, 3.05) is 13.2 Å². The van der Waals surface area contributed by atoms with Crippen LogP contribution in [0.25, 0.3) is 0 Å². The fourth-order valence-electron chi connectivity index (χ4n) is 7.51. The number of rotatable bonds is 34. The van der Waals surface area contributed by atoms with Crippen LogP contribution >= 0.6 is 7.82 Å². The molecule has 18 heteroatoms. The number of allylic oxidation sites excluding steroid dienone is 5. The third kappa shape index (κ3) is 25.0. The average Bonchev–Trinajstić information content (AvgIpc) is 3.27. The Bertz CT molecular complexity index is 1440. The summed E-state index contributed by atoms with van der Waals surface area (Å²) in [6.07, 6.45) is 14.9. The van der Waals surface area contributed by atoms with E-state index in [9.17, 15) is 59.9 Å². The lowest BCUT2D eigenvalue weighted by Gasteiger charge is -2.41. The van der Waals surface area contributed by atoms with Crippen LogP contribution in [-0.2, 0) is 37.4 Å². The average molecular weight is 949 g/mol. The summed E-state index contributed by atoms with van der Waals surface area (Å²) >= 11 is 0. The molecule has 65 heavy (non-hydrogen) atoms. The second-order valence-corrected chi connectivity index (χ2v) is 18.5. The van der Waals surface area contributed by atoms with Gasteiger partial charge >= 0.3 is 19.8 Å². The molecule has 1 aliphatic carbocycles. The van der Waals surface area contributed by atoms with Gasteiger partial charge in [-0.05, 0) is 64.2 Å². The van der Waals surface area contributed by atoms with Gasteiger partial charge in [0.25, 0.3) is 0 Å². The van der Waals surface area contributed by atoms with E-state index in [1.165, 1.54) is 38.5 Å². The SMILES string of the molecule is CC/C=C\CC(O)/C=C/C1OC(O)CC(O)C1C/C=C\CCCC(=O)OC(COC(=O)CCCCCCC/C=C\CCCCCCCC)COP(=O)(O)OC1C(O)C(O)C(O)C(O)C1O. The highest BCUT2D eigenvalue weighted by atomic mass is 31.2. The Morgan fingerprint density at radius 3 is 1.91 bits per heavy atom. The Morgan fingerprint density at radius 2 is 1.26 bits per heavy atom. The fraction of sp³-hybridized carbons (Fsp3) is 0.787. The lowest BCUT2D eigenvalue weighted by atomic mass is 9.85. The van der Waals surface area contributed by atoms with Gasteiger partial charge in [0.2, 0.25) is 0 Å². The first-order valence-corrected chi connectivity index (χ1v) is 25.3. The molecule has 1 saturated carbocycles. The first kappa shape index (κ1) is 58.8. The standard InChI is InChI=1S/C47H81O17P/c1-3-5-7-8-9-10-11-12-13-14-15-16-17-18-23-27-39(50)60-32-35(33-61-65(58,59)64-47-45(56)43(54)42(53)44(55)46(47)57)62-40(51)28-24-20-19-22-26-36-37(49)31-41(52)63-38(36)30-29-34(48)25-21-6-4-2/h6,12-13,19,21-22,29-30,34-38,41-49,52-57H,3-5,7-11,14-18,20,23-28,31-33H2,1-2H3,(H,58,59)/b13-12-,21-6-,22-19-,30-29+. The zero-order valence-electron chi connectivity index (χ0n) is 38.5. The van der Waals surface area contributed by atoms with Crippen molar-refractivity contribution >= 4 is 19.8 Å². The molecule has 2 aliphatic rings. The molecular weight excluding hydrogens is 867 g/mol. The highest BCUT2D eigenvalue weighted by Crippen LogP contribution is 2.47. The Hall–Kier alpha value is -2.35. The minimum Gasteiger partial charge on any atom is -0.462 e. The van der Waals surface area contributed by atoms with Crippen LogP contribution < -0.4 is 0 Å². The molecule has 2 fully saturated rings. The first-order valence-electron chi connectivity index (χ1n) is 23.8. The molecule has 0 bridgehead atoms. The minimum atomic E-state index is -5.20. The minimum absolute atomic E-state index is 0.0348. The molecule has 1 saturated heterocycles. The number of hydrogen-bond acceptors (Lipinski definition) is 16. The topological polar surface area (TPSA) is 279 Å². The van der Waals surface area contributed by atoms with Crippen molar-refractivity contribution in [3.8, 4) is 0 Å². The molecule has 0 aromatic rings. The maximum atomic E-state index is 12.9. The van der Waals surface area contributed by atoms with E-state index in [4.69, 9.17) is 23.3 Å². The van der Waals surface area contributed by atoms with E-state index in [0.29, 0.717) is 32.1 Å². The smallest absolute Gasteiger partial charge is 0.462 e. The predicted molar refractivity (Wildman–Crippen MR) is 243 cm³/mol. The Morgan fingerprint density at radius 1 is 0.692 bits per heavy atom. The van der Waals surface area contributed by atoms with E-state index in [1.54, 1.807) is 12.2 Å². The molecule has 11 atom stereocenters. The number of aliphatic hydroxyl groups excluding tert-OH is 8. The van der Waals surface area contributed by atoms with Crippen LogP contribution in [0.1, 0.15) is 149 Å². The van der Waals surface area contributed by atoms with E-state index in [2.05, 4.69) is 19.1 Å². The molecule has 2 rings (SSSR count). The summed E-state index contributed by atoms with van der Waals surface area (Å²) in [5.41, 5.74) is 0. The monoisotopic (exact) mass is 949 g/mol. The molecule has 0 aromatic carbocycles. The number of ether oxygens (including phenoxy) is 3. The number of phosphoric ester groups is 1. The summed E-state index contributed by atoms with van der Waals surface area (Å²) in [5, 5.41) is 81.3. The number of aliphatic hydroxyl groups is 8. The van der Waals surface area contributed by atoms with Gasteiger partial charge in [0.15, 0.2) is 12.4 Å². The summed E-state index contributed by atoms with van der Waals surface area (Å²) in [4.78, 5) is 35.9. The van der Waals surface area contributed by atoms with Crippen molar-refractivity contribution in [3.63, 3.8) is 0 Å². The third-order valence-corrected chi connectivity index (χ3v) is 12.4. The summed E-state index contributed by atoms with van der Waals surface area (Å²) in [6, 6.07) is 0. The van der Waals surface area contributed by atoms with Crippen molar-refractivity contribution in [2.24, 2.45) is 5.92 Å².